The van der Waals surface area contributed by atoms with Gasteiger partial charge in [0.25, 0.3) is 5.56 Å². The Hall–Kier alpha value is -2.01. The highest BCUT2D eigenvalue weighted by molar-refractivity contribution is 6.30. The third kappa shape index (κ3) is 3.36. The van der Waals surface area contributed by atoms with Gasteiger partial charge in [-0.2, -0.15) is 0 Å². The van der Waals surface area contributed by atoms with Crippen LogP contribution in [0.1, 0.15) is 18.1 Å². The lowest BCUT2D eigenvalue weighted by atomic mass is 10.1. The number of rotatable bonds is 5. The minimum atomic E-state index is -0.476. The predicted molar refractivity (Wildman–Crippen MR) is 82.4 cm³/mol. The van der Waals surface area contributed by atoms with Crippen LogP contribution < -0.4 is 16.0 Å². The number of aromatic amines is 1. The second-order valence-corrected chi connectivity index (χ2v) is 5.01. The zero-order chi connectivity index (χ0) is 15.4. The van der Waals surface area contributed by atoms with Crippen molar-refractivity contribution in [1.29, 1.82) is 0 Å². The van der Waals surface area contributed by atoms with Crippen LogP contribution in [0.4, 0.5) is 0 Å². The maximum atomic E-state index is 12.2. The number of ether oxygens (including phenoxy) is 1. The molecule has 2 aromatic rings. The van der Waals surface area contributed by atoms with E-state index in [4.69, 9.17) is 16.3 Å². The average molecular weight is 309 g/mol. The molecule has 5 nitrogen and oxygen atoms in total. The van der Waals surface area contributed by atoms with E-state index in [2.05, 4.69) is 4.98 Å². The van der Waals surface area contributed by atoms with Gasteiger partial charge in [-0.1, -0.05) is 30.7 Å². The Morgan fingerprint density at radius 3 is 2.48 bits per heavy atom. The number of H-pyrrole nitrogens is 1. The lowest BCUT2D eigenvalue weighted by molar-refractivity contribution is 0.414. The molecule has 0 amide bonds. The van der Waals surface area contributed by atoms with Crippen molar-refractivity contribution in [3.05, 3.63) is 61.4 Å². The second-order valence-electron chi connectivity index (χ2n) is 4.63. The number of hydrogen-bond donors (Lipinski definition) is 1. The third-order valence-corrected chi connectivity index (χ3v) is 3.69. The quantitative estimate of drug-likeness (QED) is 0.859. The summed E-state index contributed by atoms with van der Waals surface area (Å²) in [7, 11) is 1.61. The first-order valence-corrected chi connectivity index (χ1v) is 7.09. The Balaban J connectivity index is 2.23. The molecular weight excluding hydrogens is 292 g/mol. The normalized spacial score (nSPS) is 10.6. The van der Waals surface area contributed by atoms with Crippen LogP contribution in [0.3, 0.4) is 0 Å². The molecule has 0 bridgehead atoms. The number of benzene rings is 1. The summed E-state index contributed by atoms with van der Waals surface area (Å²) in [5.74, 6) is 0.772. The minimum Gasteiger partial charge on any atom is -0.497 e. The van der Waals surface area contributed by atoms with E-state index in [1.165, 1.54) is 4.57 Å². The third-order valence-electron chi connectivity index (χ3n) is 3.37. The summed E-state index contributed by atoms with van der Waals surface area (Å²) >= 11 is 5.87. The molecule has 0 aliphatic carbocycles. The molecule has 0 fully saturated rings. The summed E-state index contributed by atoms with van der Waals surface area (Å²) in [5.41, 5.74) is 0.663. The molecule has 6 heteroatoms. The van der Waals surface area contributed by atoms with Gasteiger partial charge in [-0.25, -0.2) is 4.79 Å². The van der Waals surface area contributed by atoms with Crippen LogP contribution in [-0.4, -0.2) is 16.7 Å². The standard InChI is InChI=1S/C15H17ClN2O3/c1-3-12-13(16)17-15(20)18(14(12)19)9-8-10-4-6-11(21-2)7-5-10/h4-7H,3,8-9H2,1-2H3,(H,17,20). The molecular formula is C15H17ClN2O3. The summed E-state index contributed by atoms with van der Waals surface area (Å²) in [5, 5.41) is 0.133. The van der Waals surface area contributed by atoms with Gasteiger partial charge in [-0.15, -0.1) is 0 Å². The van der Waals surface area contributed by atoms with Gasteiger partial charge in [0.2, 0.25) is 0 Å². The lowest BCUT2D eigenvalue weighted by Gasteiger charge is -2.08. The smallest absolute Gasteiger partial charge is 0.329 e. The van der Waals surface area contributed by atoms with Gasteiger partial charge >= 0.3 is 5.69 Å². The summed E-state index contributed by atoms with van der Waals surface area (Å²) in [6.07, 6.45) is 1.06. The largest absolute Gasteiger partial charge is 0.497 e. The molecule has 0 saturated heterocycles. The van der Waals surface area contributed by atoms with Crippen LogP contribution in [-0.2, 0) is 19.4 Å². The molecule has 0 unspecified atom stereocenters. The molecule has 0 radical (unpaired) electrons. The van der Waals surface area contributed by atoms with Crippen molar-refractivity contribution < 1.29 is 4.74 Å². The Morgan fingerprint density at radius 1 is 1.24 bits per heavy atom. The van der Waals surface area contributed by atoms with Crippen LogP contribution in [0.2, 0.25) is 5.15 Å². The lowest BCUT2D eigenvalue weighted by Crippen LogP contribution is -2.37. The SMILES string of the molecule is CCc1c(Cl)[nH]c(=O)n(CCc2ccc(OC)cc2)c1=O. The molecule has 1 N–H and O–H groups in total. The Kier molecular flexibility index (Phi) is 4.85. The van der Waals surface area contributed by atoms with Gasteiger partial charge in [-0.05, 0) is 30.5 Å². The average Bonchev–Trinajstić information content (AvgIpc) is 2.47. The number of aryl methyl sites for hydroxylation is 1. The Labute approximate surface area is 127 Å². The number of nitrogens with zero attached hydrogens (tertiary/aromatic N) is 1. The molecule has 1 aromatic heterocycles. The van der Waals surface area contributed by atoms with Gasteiger partial charge in [0.05, 0.1) is 12.7 Å². The zero-order valence-corrected chi connectivity index (χ0v) is 12.7. The molecule has 1 aromatic carbocycles. The van der Waals surface area contributed by atoms with Crippen molar-refractivity contribution in [3.63, 3.8) is 0 Å². The van der Waals surface area contributed by atoms with Gasteiger partial charge in [0.1, 0.15) is 10.9 Å². The molecule has 0 aliphatic heterocycles. The molecule has 21 heavy (non-hydrogen) atoms. The summed E-state index contributed by atoms with van der Waals surface area (Å²) in [6, 6.07) is 7.52. The molecule has 0 saturated carbocycles. The monoisotopic (exact) mass is 308 g/mol. The highest BCUT2D eigenvalue weighted by Crippen LogP contribution is 2.12. The van der Waals surface area contributed by atoms with Gasteiger partial charge in [0.15, 0.2) is 0 Å². The van der Waals surface area contributed by atoms with Crippen LogP contribution in [0.25, 0.3) is 0 Å². The minimum absolute atomic E-state index is 0.133. The molecule has 0 spiro atoms. The first-order chi connectivity index (χ1) is 10.1. The molecule has 2 rings (SSSR count). The molecule has 1 heterocycles. The zero-order valence-electron chi connectivity index (χ0n) is 12.0. The van der Waals surface area contributed by atoms with Gasteiger partial charge < -0.3 is 4.74 Å². The number of methoxy groups -OCH3 is 1. The van der Waals surface area contributed by atoms with E-state index in [0.717, 1.165) is 11.3 Å². The van der Waals surface area contributed by atoms with Crippen molar-refractivity contribution >= 4 is 11.6 Å². The fraction of sp³-hybridized carbons (Fsp3) is 0.333. The maximum absolute atomic E-state index is 12.2. The fourth-order valence-electron chi connectivity index (χ4n) is 2.13. The van der Waals surface area contributed by atoms with E-state index < -0.39 is 5.69 Å². The maximum Gasteiger partial charge on any atom is 0.329 e. The Morgan fingerprint density at radius 2 is 1.90 bits per heavy atom. The number of hydrogen-bond acceptors (Lipinski definition) is 3. The highest BCUT2D eigenvalue weighted by atomic mass is 35.5. The van der Waals surface area contributed by atoms with Gasteiger partial charge in [-0.3, -0.25) is 14.3 Å². The van der Waals surface area contributed by atoms with Crippen molar-refractivity contribution in [2.75, 3.05) is 7.11 Å². The van der Waals surface area contributed by atoms with E-state index in [1.807, 2.05) is 31.2 Å². The topological polar surface area (TPSA) is 64.1 Å². The second kappa shape index (κ2) is 6.63. The van der Waals surface area contributed by atoms with Crippen molar-refractivity contribution in [2.24, 2.45) is 0 Å². The highest BCUT2D eigenvalue weighted by Gasteiger charge is 2.10. The Bertz CT molecular complexity index is 732. The molecule has 112 valence electrons. The van der Waals surface area contributed by atoms with E-state index in [1.54, 1.807) is 7.11 Å². The van der Waals surface area contributed by atoms with E-state index >= 15 is 0 Å². The van der Waals surface area contributed by atoms with Crippen molar-refractivity contribution in [1.82, 2.24) is 9.55 Å². The fourth-order valence-corrected chi connectivity index (χ4v) is 2.42. The van der Waals surface area contributed by atoms with Gasteiger partial charge in [0, 0.05) is 6.54 Å². The van der Waals surface area contributed by atoms with E-state index in [0.29, 0.717) is 24.9 Å². The van der Waals surface area contributed by atoms with Crippen LogP contribution in [0.15, 0.2) is 33.9 Å². The first-order valence-electron chi connectivity index (χ1n) is 6.71. The number of nitrogens with one attached hydrogen (secondary N) is 1. The molecule has 0 aliphatic rings. The summed E-state index contributed by atoms with van der Waals surface area (Å²) in [4.78, 5) is 26.6. The van der Waals surface area contributed by atoms with Crippen LogP contribution >= 0.6 is 11.6 Å². The molecule has 0 atom stereocenters. The van der Waals surface area contributed by atoms with Crippen molar-refractivity contribution in [2.45, 2.75) is 26.3 Å². The number of aromatic nitrogens is 2. The number of halogens is 1. The van der Waals surface area contributed by atoms with Crippen LogP contribution in [0, 0.1) is 0 Å². The van der Waals surface area contributed by atoms with E-state index in [-0.39, 0.29) is 10.7 Å². The van der Waals surface area contributed by atoms with Crippen molar-refractivity contribution in [3.8, 4) is 5.75 Å². The summed E-state index contributed by atoms with van der Waals surface area (Å²) in [6.45, 7) is 2.14. The van der Waals surface area contributed by atoms with E-state index in [9.17, 15) is 9.59 Å². The van der Waals surface area contributed by atoms with Crippen LogP contribution in [0.5, 0.6) is 5.75 Å². The first kappa shape index (κ1) is 15.4. The summed E-state index contributed by atoms with van der Waals surface area (Å²) < 4.78 is 6.28. The predicted octanol–water partition coefficient (Wildman–Crippen LogP) is 2.00.